The number of halogens is 1. The molecular weight excluding hydrogens is 260 g/mol. The highest BCUT2D eigenvalue weighted by atomic mass is 35.5. The number of aromatic hydroxyl groups is 1. The van der Waals surface area contributed by atoms with E-state index in [2.05, 4.69) is 5.16 Å². The van der Waals surface area contributed by atoms with Crippen LogP contribution in [0, 0.1) is 0 Å². The number of ether oxygens (including phenoxy) is 2. The molecule has 0 saturated carbocycles. The number of nitrogen functional groups attached to an aromatic ring is 1. The first-order valence-corrected chi connectivity index (χ1v) is 5.32. The molecule has 0 bridgehead atoms. The summed E-state index contributed by atoms with van der Waals surface area (Å²) in [5, 5.41) is 13.8. The SMILES string of the molecule is COc1cc(O)c(-c2cc(N)on2)c(Cl)c1OC. The Labute approximate surface area is 108 Å². The van der Waals surface area contributed by atoms with Gasteiger partial charge in [0.2, 0.25) is 5.88 Å². The third kappa shape index (κ3) is 1.91. The smallest absolute Gasteiger partial charge is 0.222 e. The van der Waals surface area contributed by atoms with Gasteiger partial charge in [-0.1, -0.05) is 16.8 Å². The van der Waals surface area contributed by atoms with Crippen molar-refractivity contribution < 1.29 is 19.1 Å². The number of hydrogen-bond acceptors (Lipinski definition) is 6. The Hall–Kier alpha value is -2.08. The second-order valence-corrected chi connectivity index (χ2v) is 3.81. The molecule has 3 N–H and O–H groups in total. The number of aromatic nitrogens is 1. The second kappa shape index (κ2) is 4.66. The molecule has 1 aromatic heterocycles. The molecule has 96 valence electrons. The maximum atomic E-state index is 9.94. The quantitative estimate of drug-likeness (QED) is 0.889. The first-order valence-electron chi connectivity index (χ1n) is 4.94. The van der Waals surface area contributed by atoms with E-state index in [1.165, 1.54) is 26.4 Å². The average Bonchev–Trinajstić information content (AvgIpc) is 2.75. The van der Waals surface area contributed by atoms with E-state index in [0.29, 0.717) is 17.2 Å². The molecule has 0 radical (unpaired) electrons. The third-order valence-corrected chi connectivity index (χ3v) is 2.74. The Balaban J connectivity index is 2.68. The fraction of sp³-hybridized carbons (Fsp3) is 0.182. The summed E-state index contributed by atoms with van der Waals surface area (Å²) >= 11 is 6.15. The molecule has 1 aromatic carbocycles. The van der Waals surface area contributed by atoms with Gasteiger partial charge < -0.3 is 24.8 Å². The summed E-state index contributed by atoms with van der Waals surface area (Å²) in [5.41, 5.74) is 6.02. The van der Waals surface area contributed by atoms with Crippen molar-refractivity contribution in [3.63, 3.8) is 0 Å². The number of nitrogens with two attached hydrogens (primary N) is 1. The summed E-state index contributed by atoms with van der Waals surface area (Å²) in [4.78, 5) is 0. The van der Waals surface area contributed by atoms with Crippen LogP contribution in [0.2, 0.25) is 5.02 Å². The molecule has 0 atom stereocenters. The summed E-state index contributed by atoms with van der Waals surface area (Å²) < 4.78 is 14.9. The first-order chi connectivity index (χ1) is 8.58. The number of phenols is 1. The maximum absolute atomic E-state index is 9.94. The van der Waals surface area contributed by atoms with E-state index >= 15 is 0 Å². The predicted molar refractivity (Wildman–Crippen MR) is 66.1 cm³/mol. The van der Waals surface area contributed by atoms with E-state index < -0.39 is 0 Å². The molecular formula is C11H11ClN2O4. The van der Waals surface area contributed by atoms with E-state index in [0.717, 1.165) is 0 Å². The lowest BCUT2D eigenvalue weighted by molar-refractivity contribution is 0.352. The molecule has 7 heteroatoms. The molecule has 0 aliphatic heterocycles. The Morgan fingerprint density at radius 1 is 1.33 bits per heavy atom. The standard InChI is InChI=1S/C11H11ClN2O4/c1-16-7-4-6(15)9(10(12)11(7)17-2)5-3-8(13)18-14-5/h3-4,15H,13H2,1-2H3. The number of hydrogen-bond donors (Lipinski definition) is 2. The minimum Gasteiger partial charge on any atom is -0.507 e. The topological polar surface area (TPSA) is 90.7 Å². The fourth-order valence-corrected chi connectivity index (χ4v) is 1.95. The zero-order valence-corrected chi connectivity index (χ0v) is 10.5. The van der Waals surface area contributed by atoms with Crippen LogP contribution in [0.1, 0.15) is 0 Å². The predicted octanol–water partition coefficient (Wildman–Crippen LogP) is 2.30. The van der Waals surface area contributed by atoms with Crippen molar-refractivity contribution in [3.8, 4) is 28.5 Å². The lowest BCUT2D eigenvalue weighted by Gasteiger charge is -2.13. The molecule has 0 aliphatic rings. The van der Waals surface area contributed by atoms with Crippen LogP contribution in [0.25, 0.3) is 11.3 Å². The molecule has 0 saturated heterocycles. The third-order valence-electron chi connectivity index (χ3n) is 2.38. The number of anilines is 1. The van der Waals surface area contributed by atoms with Gasteiger partial charge in [0, 0.05) is 12.1 Å². The van der Waals surface area contributed by atoms with E-state index in [1.54, 1.807) is 0 Å². The number of phenolic OH excluding ortho intramolecular Hbond substituents is 1. The van der Waals surface area contributed by atoms with Crippen LogP contribution >= 0.6 is 11.6 Å². The van der Waals surface area contributed by atoms with Crippen molar-refractivity contribution in [2.45, 2.75) is 0 Å². The lowest BCUT2D eigenvalue weighted by atomic mass is 10.1. The van der Waals surface area contributed by atoms with E-state index in [1.807, 2.05) is 0 Å². The average molecular weight is 271 g/mol. The van der Waals surface area contributed by atoms with Crippen molar-refractivity contribution in [1.82, 2.24) is 5.16 Å². The van der Waals surface area contributed by atoms with Gasteiger partial charge in [-0.2, -0.15) is 0 Å². The Kier molecular flexibility index (Phi) is 3.20. The highest BCUT2D eigenvalue weighted by molar-refractivity contribution is 6.35. The van der Waals surface area contributed by atoms with Crippen LogP contribution in [0.15, 0.2) is 16.7 Å². The lowest BCUT2D eigenvalue weighted by Crippen LogP contribution is -1.93. The molecule has 0 unspecified atom stereocenters. The summed E-state index contributed by atoms with van der Waals surface area (Å²) in [6.45, 7) is 0. The minimum atomic E-state index is -0.106. The van der Waals surface area contributed by atoms with Crippen LogP contribution in [0.3, 0.4) is 0 Å². The zero-order chi connectivity index (χ0) is 13.3. The summed E-state index contributed by atoms with van der Waals surface area (Å²) in [7, 11) is 2.89. The van der Waals surface area contributed by atoms with Crippen molar-refractivity contribution in [2.75, 3.05) is 20.0 Å². The summed E-state index contributed by atoms with van der Waals surface area (Å²) in [5.74, 6) is 0.634. The van der Waals surface area contributed by atoms with Crippen molar-refractivity contribution in [3.05, 3.63) is 17.2 Å². The second-order valence-electron chi connectivity index (χ2n) is 3.43. The number of benzene rings is 1. The molecule has 6 nitrogen and oxygen atoms in total. The molecule has 0 amide bonds. The molecule has 0 spiro atoms. The minimum absolute atomic E-state index is 0.106. The van der Waals surface area contributed by atoms with E-state index in [4.69, 9.17) is 31.3 Å². The highest BCUT2D eigenvalue weighted by Gasteiger charge is 2.21. The first kappa shape index (κ1) is 12.4. The normalized spacial score (nSPS) is 10.4. The van der Waals surface area contributed by atoms with Crippen LogP contribution < -0.4 is 15.2 Å². The molecule has 2 aromatic rings. The molecule has 2 rings (SSSR count). The van der Waals surface area contributed by atoms with E-state index in [9.17, 15) is 5.11 Å². The molecule has 1 heterocycles. The number of rotatable bonds is 3. The highest BCUT2D eigenvalue weighted by Crippen LogP contribution is 2.47. The Morgan fingerprint density at radius 2 is 2.06 bits per heavy atom. The van der Waals surface area contributed by atoms with Gasteiger partial charge in [0.25, 0.3) is 0 Å². The van der Waals surface area contributed by atoms with Crippen molar-refractivity contribution >= 4 is 17.5 Å². The monoisotopic (exact) mass is 270 g/mol. The van der Waals surface area contributed by atoms with Gasteiger partial charge in [0.1, 0.15) is 11.4 Å². The number of nitrogens with zero attached hydrogens (tertiary/aromatic N) is 1. The van der Waals surface area contributed by atoms with Crippen LogP contribution in [0.4, 0.5) is 5.88 Å². The van der Waals surface area contributed by atoms with Crippen molar-refractivity contribution in [1.29, 1.82) is 0 Å². The van der Waals surface area contributed by atoms with Crippen LogP contribution in [0.5, 0.6) is 17.2 Å². The fourth-order valence-electron chi connectivity index (χ4n) is 1.59. The van der Waals surface area contributed by atoms with Gasteiger partial charge >= 0.3 is 0 Å². The van der Waals surface area contributed by atoms with Crippen LogP contribution in [-0.4, -0.2) is 24.5 Å². The Morgan fingerprint density at radius 3 is 2.56 bits per heavy atom. The number of methoxy groups -OCH3 is 2. The van der Waals surface area contributed by atoms with Gasteiger partial charge in [-0.25, -0.2) is 0 Å². The summed E-state index contributed by atoms with van der Waals surface area (Å²) in [6, 6.07) is 2.83. The van der Waals surface area contributed by atoms with Gasteiger partial charge in [0.05, 0.1) is 24.8 Å². The van der Waals surface area contributed by atoms with E-state index in [-0.39, 0.29) is 22.2 Å². The Bertz CT molecular complexity index is 583. The zero-order valence-electron chi connectivity index (χ0n) is 9.73. The van der Waals surface area contributed by atoms with Crippen LogP contribution in [-0.2, 0) is 0 Å². The van der Waals surface area contributed by atoms with Gasteiger partial charge in [-0.3, -0.25) is 0 Å². The largest absolute Gasteiger partial charge is 0.507 e. The summed E-state index contributed by atoms with van der Waals surface area (Å²) in [6.07, 6.45) is 0. The van der Waals surface area contributed by atoms with Gasteiger partial charge in [0.15, 0.2) is 11.5 Å². The molecule has 0 fully saturated rings. The molecule has 18 heavy (non-hydrogen) atoms. The maximum Gasteiger partial charge on any atom is 0.222 e. The van der Waals surface area contributed by atoms with Gasteiger partial charge in [-0.05, 0) is 0 Å². The van der Waals surface area contributed by atoms with Crippen molar-refractivity contribution in [2.24, 2.45) is 0 Å². The molecule has 0 aliphatic carbocycles. The van der Waals surface area contributed by atoms with Gasteiger partial charge in [-0.15, -0.1) is 0 Å².